The summed E-state index contributed by atoms with van der Waals surface area (Å²) >= 11 is 5.49. The monoisotopic (exact) mass is 236 g/mol. The van der Waals surface area contributed by atoms with Crippen molar-refractivity contribution in [3.05, 3.63) is 41.7 Å². The largest absolute Gasteiger partial charge is 0.456 e. The molecule has 0 fully saturated rings. The van der Waals surface area contributed by atoms with Gasteiger partial charge in [0.2, 0.25) is 0 Å². The zero-order valence-electron chi connectivity index (χ0n) is 8.37. The summed E-state index contributed by atoms with van der Waals surface area (Å²) in [5.74, 6) is -0.461. The summed E-state index contributed by atoms with van der Waals surface area (Å²) in [7, 11) is 0. The van der Waals surface area contributed by atoms with Crippen LogP contribution in [0, 0.1) is 0 Å². The van der Waals surface area contributed by atoms with E-state index in [9.17, 15) is 4.79 Å². The molecule has 0 atom stereocenters. The Balaban J connectivity index is 2.19. The van der Waals surface area contributed by atoms with Gasteiger partial charge in [-0.25, -0.2) is 9.78 Å². The minimum atomic E-state index is -0.461. The molecule has 0 saturated heterocycles. The number of aromatic nitrogens is 2. The Morgan fingerprint density at radius 2 is 2.44 bits per heavy atom. The number of pyridine rings is 1. The summed E-state index contributed by atoms with van der Waals surface area (Å²) in [6, 6.07) is 3.54. The number of ether oxygens (including phenoxy) is 1. The van der Waals surface area contributed by atoms with Gasteiger partial charge in [-0.2, -0.15) is 0 Å². The molecule has 0 aromatic carbocycles. The Kier molecular flexibility index (Phi) is 2.92. The molecular formula is C11H9ClN2O2. The molecule has 0 spiro atoms. The van der Waals surface area contributed by atoms with E-state index in [0.29, 0.717) is 5.56 Å². The molecule has 0 aliphatic heterocycles. The Labute approximate surface area is 96.9 Å². The molecule has 82 valence electrons. The molecule has 0 aliphatic rings. The van der Waals surface area contributed by atoms with Crippen molar-refractivity contribution in [3.8, 4) is 0 Å². The fraction of sp³-hybridized carbons (Fsp3) is 0.0909. The quantitative estimate of drug-likeness (QED) is 0.833. The van der Waals surface area contributed by atoms with Crippen molar-refractivity contribution >= 4 is 28.6 Å². The van der Waals surface area contributed by atoms with Crippen LogP contribution in [0.1, 0.15) is 10.4 Å². The van der Waals surface area contributed by atoms with Crippen LogP contribution in [0.5, 0.6) is 0 Å². The molecule has 0 bridgehead atoms. The number of hydrogen-bond acceptors (Lipinski definition) is 3. The number of carbonyl (C=O) groups excluding carboxylic acids is 1. The fourth-order valence-corrected chi connectivity index (χ4v) is 1.33. The van der Waals surface area contributed by atoms with Crippen molar-refractivity contribution in [3.63, 3.8) is 0 Å². The van der Waals surface area contributed by atoms with Crippen LogP contribution in [0.3, 0.4) is 0 Å². The SMILES string of the molecule is C=C(Cl)COC(=O)c1cnc2[nH]ccc2c1. The molecule has 0 radical (unpaired) electrons. The highest BCUT2D eigenvalue weighted by Crippen LogP contribution is 2.12. The highest BCUT2D eigenvalue weighted by atomic mass is 35.5. The number of aromatic amines is 1. The van der Waals surface area contributed by atoms with Crippen LogP contribution in [0.25, 0.3) is 11.0 Å². The first kappa shape index (κ1) is 10.7. The van der Waals surface area contributed by atoms with Crippen molar-refractivity contribution in [2.24, 2.45) is 0 Å². The normalized spacial score (nSPS) is 10.3. The van der Waals surface area contributed by atoms with Gasteiger partial charge in [-0.3, -0.25) is 0 Å². The highest BCUT2D eigenvalue weighted by Gasteiger charge is 2.09. The lowest BCUT2D eigenvalue weighted by atomic mass is 10.2. The number of nitrogens with zero attached hydrogens (tertiary/aromatic N) is 1. The number of fused-ring (bicyclic) bond motifs is 1. The van der Waals surface area contributed by atoms with Crippen LogP contribution in [-0.2, 0) is 4.74 Å². The number of nitrogens with one attached hydrogen (secondary N) is 1. The van der Waals surface area contributed by atoms with Gasteiger partial charge in [-0.05, 0) is 12.1 Å². The van der Waals surface area contributed by atoms with Gasteiger partial charge in [0.25, 0.3) is 0 Å². The summed E-state index contributed by atoms with van der Waals surface area (Å²) in [4.78, 5) is 18.6. The van der Waals surface area contributed by atoms with Crippen LogP contribution in [0.2, 0.25) is 0 Å². The minimum Gasteiger partial charge on any atom is -0.456 e. The predicted molar refractivity (Wildman–Crippen MR) is 61.4 cm³/mol. The lowest BCUT2D eigenvalue weighted by Crippen LogP contribution is -2.06. The van der Waals surface area contributed by atoms with Crippen LogP contribution >= 0.6 is 11.6 Å². The van der Waals surface area contributed by atoms with E-state index in [2.05, 4.69) is 16.5 Å². The van der Waals surface area contributed by atoms with E-state index in [-0.39, 0.29) is 11.6 Å². The van der Waals surface area contributed by atoms with E-state index in [1.54, 1.807) is 12.3 Å². The van der Waals surface area contributed by atoms with E-state index in [1.165, 1.54) is 6.20 Å². The predicted octanol–water partition coefficient (Wildman–Crippen LogP) is 2.47. The average molecular weight is 237 g/mol. The lowest BCUT2D eigenvalue weighted by molar-refractivity contribution is 0.0546. The summed E-state index contributed by atoms with van der Waals surface area (Å²) < 4.78 is 4.89. The number of H-pyrrole nitrogens is 1. The zero-order valence-corrected chi connectivity index (χ0v) is 9.12. The molecule has 2 aromatic heterocycles. The molecule has 0 amide bonds. The molecule has 5 heteroatoms. The standard InChI is InChI=1S/C11H9ClN2O2/c1-7(12)6-16-11(15)9-4-8-2-3-13-10(8)14-5-9/h2-5H,1,6H2,(H,13,14). The molecule has 2 aromatic rings. The van der Waals surface area contributed by atoms with Gasteiger partial charge >= 0.3 is 5.97 Å². The molecule has 1 N–H and O–H groups in total. The molecular weight excluding hydrogens is 228 g/mol. The van der Waals surface area contributed by atoms with Crippen molar-refractivity contribution in [1.29, 1.82) is 0 Å². The maximum absolute atomic E-state index is 11.5. The van der Waals surface area contributed by atoms with Crippen LogP contribution in [0.4, 0.5) is 0 Å². The minimum absolute atomic E-state index is 0.00552. The summed E-state index contributed by atoms with van der Waals surface area (Å²) in [6.45, 7) is 3.44. The van der Waals surface area contributed by atoms with Crippen LogP contribution < -0.4 is 0 Å². The Morgan fingerprint density at radius 3 is 3.19 bits per heavy atom. The maximum atomic E-state index is 11.5. The molecule has 2 rings (SSSR count). The maximum Gasteiger partial charge on any atom is 0.340 e. The molecule has 0 aliphatic carbocycles. The number of hydrogen-bond donors (Lipinski definition) is 1. The second kappa shape index (κ2) is 4.37. The third-order valence-corrected chi connectivity index (χ3v) is 2.10. The molecule has 2 heterocycles. The Morgan fingerprint density at radius 1 is 1.62 bits per heavy atom. The highest BCUT2D eigenvalue weighted by molar-refractivity contribution is 6.29. The number of esters is 1. The van der Waals surface area contributed by atoms with E-state index >= 15 is 0 Å². The van der Waals surface area contributed by atoms with Crippen LogP contribution in [0.15, 0.2) is 36.1 Å². The third-order valence-electron chi connectivity index (χ3n) is 2.00. The van der Waals surface area contributed by atoms with E-state index < -0.39 is 5.97 Å². The van der Waals surface area contributed by atoms with Gasteiger partial charge in [0, 0.05) is 22.8 Å². The first-order valence-electron chi connectivity index (χ1n) is 4.60. The zero-order chi connectivity index (χ0) is 11.5. The molecule has 0 unspecified atom stereocenters. The van der Waals surface area contributed by atoms with Gasteiger partial charge in [0.15, 0.2) is 0 Å². The second-order valence-electron chi connectivity index (χ2n) is 3.23. The summed E-state index contributed by atoms with van der Waals surface area (Å²) in [5.41, 5.74) is 1.13. The van der Waals surface area contributed by atoms with Crippen molar-refractivity contribution in [1.82, 2.24) is 9.97 Å². The topological polar surface area (TPSA) is 55.0 Å². The van der Waals surface area contributed by atoms with Crippen molar-refractivity contribution in [2.45, 2.75) is 0 Å². The van der Waals surface area contributed by atoms with E-state index in [4.69, 9.17) is 16.3 Å². The van der Waals surface area contributed by atoms with E-state index in [1.807, 2.05) is 6.07 Å². The Bertz CT molecular complexity index is 548. The van der Waals surface area contributed by atoms with Gasteiger partial charge < -0.3 is 9.72 Å². The molecule has 4 nitrogen and oxygen atoms in total. The lowest BCUT2D eigenvalue weighted by Gasteiger charge is -2.02. The average Bonchev–Trinajstić information content (AvgIpc) is 2.72. The Hall–Kier alpha value is -1.81. The van der Waals surface area contributed by atoms with Crippen molar-refractivity contribution in [2.75, 3.05) is 6.61 Å². The van der Waals surface area contributed by atoms with Gasteiger partial charge in [-0.1, -0.05) is 18.2 Å². The van der Waals surface area contributed by atoms with Gasteiger partial charge in [0.05, 0.1) is 5.56 Å². The first-order chi connectivity index (χ1) is 7.66. The number of halogens is 1. The third kappa shape index (κ3) is 2.23. The summed E-state index contributed by atoms with van der Waals surface area (Å²) in [6.07, 6.45) is 3.21. The van der Waals surface area contributed by atoms with E-state index in [0.717, 1.165) is 11.0 Å². The molecule has 0 saturated carbocycles. The van der Waals surface area contributed by atoms with Gasteiger partial charge in [0.1, 0.15) is 12.3 Å². The second-order valence-corrected chi connectivity index (χ2v) is 3.77. The van der Waals surface area contributed by atoms with Gasteiger partial charge in [-0.15, -0.1) is 0 Å². The first-order valence-corrected chi connectivity index (χ1v) is 4.98. The number of carbonyl (C=O) groups is 1. The van der Waals surface area contributed by atoms with Crippen molar-refractivity contribution < 1.29 is 9.53 Å². The fourth-order valence-electron chi connectivity index (χ4n) is 1.28. The smallest absolute Gasteiger partial charge is 0.340 e. The van der Waals surface area contributed by atoms with Crippen LogP contribution in [-0.4, -0.2) is 22.5 Å². The molecule has 16 heavy (non-hydrogen) atoms. The summed E-state index contributed by atoms with van der Waals surface area (Å²) in [5, 5.41) is 1.14. The number of rotatable bonds is 3.